The maximum atomic E-state index is 11.6. The van der Waals surface area contributed by atoms with Crippen molar-refractivity contribution < 1.29 is 9.72 Å². The Morgan fingerprint density at radius 1 is 1.53 bits per heavy atom. The summed E-state index contributed by atoms with van der Waals surface area (Å²) in [4.78, 5) is 22.1. The predicted octanol–water partition coefficient (Wildman–Crippen LogP) is 0.728. The second-order valence-corrected chi connectivity index (χ2v) is 4.40. The van der Waals surface area contributed by atoms with E-state index in [0.29, 0.717) is 11.3 Å². The second kappa shape index (κ2) is 5.66. The fraction of sp³-hybridized carbons (Fsp3) is 0.417. The largest absolute Gasteiger partial charge is 0.375 e. The molecule has 1 unspecified atom stereocenters. The van der Waals surface area contributed by atoms with Crippen LogP contribution in [0.1, 0.15) is 16.8 Å². The van der Waals surface area contributed by atoms with E-state index in [4.69, 9.17) is 0 Å². The molecule has 1 aromatic rings. The number of benzene rings is 1. The zero-order chi connectivity index (χ0) is 13.8. The minimum Gasteiger partial charge on any atom is -0.375 e. The summed E-state index contributed by atoms with van der Waals surface area (Å²) in [7, 11) is 1.53. The Labute approximate surface area is 110 Å². The molecule has 1 aliphatic heterocycles. The van der Waals surface area contributed by atoms with Gasteiger partial charge in [-0.3, -0.25) is 14.9 Å². The number of hydrogen-bond acceptors (Lipinski definition) is 5. The van der Waals surface area contributed by atoms with E-state index >= 15 is 0 Å². The van der Waals surface area contributed by atoms with Gasteiger partial charge in [-0.15, -0.1) is 0 Å². The monoisotopic (exact) mass is 264 g/mol. The predicted molar refractivity (Wildman–Crippen MR) is 71.4 cm³/mol. The molecule has 1 saturated heterocycles. The van der Waals surface area contributed by atoms with Crippen molar-refractivity contribution in [2.24, 2.45) is 0 Å². The van der Waals surface area contributed by atoms with Gasteiger partial charge in [-0.1, -0.05) is 0 Å². The lowest BCUT2D eigenvalue weighted by Gasteiger charge is -2.13. The highest BCUT2D eigenvalue weighted by atomic mass is 16.6. The van der Waals surface area contributed by atoms with Gasteiger partial charge >= 0.3 is 0 Å². The van der Waals surface area contributed by atoms with Gasteiger partial charge in [0.2, 0.25) is 0 Å². The first-order valence-corrected chi connectivity index (χ1v) is 6.09. The molecule has 0 bridgehead atoms. The molecule has 3 N–H and O–H groups in total. The summed E-state index contributed by atoms with van der Waals surface area (Å²) in [6, 6.07) is 4.48. The minimum atomic E-state index is -0.446. The molecule has 102 valence electrons. The Morgan fingerprint density at radius 3 is 2.89 bits per heavy atom. The van der Waals surface area contributed by atoms with Crippen molar-refractivity contribution in [2.75, 3.05) is 25.5 Å². The molecule has 7 heteroatoms. The lowest BCUT2D eigenvalue weighted by molar-refractivity contribution is -0.384. The standard InChI is InChI=1S/C12H16N4O3/c1-13-12(17)8-2-3-11(16(18)19)10(6-8)15-9-4-5-14-7-9/h2-3,6,9,14-15H,4-5,7H2,1H3,(H,13,17). The summed E-state index contributed by atoms with van der Waals surface area (Å²) >= 11 is 0. The van der Waals surface area contributed by atoms with Crippen molar-refractivity contribution in [3.05, 3.63) is 33.9 Å². The Morgan fingerprint density at radius 2 is 2.32 bits per heavy atom. The Hall–Kier alpha value is -2.15. The number of nitrogens with zero attached hydrogens (tertiary/aromatic N) is 1. The van der Waals surface area contributed by atoms with Crippen LogP contribution in [0.2, 0.25) is 0 Å². The molecule has 1 aliphatic rings. The molecule has 1 aromatic carbocycles. The van der Waals surface area contributed by atoms with Gasteiger partial charge in [-0.05, 0) is 25.1 Å². The van der Waals surface area contributed by atoms with Crippen LogP contribution in [0.15, 0.2) is 18.2 Å². The van der Waals surface area contributed by atoms with E-state index in [9.17, 15) is 14.9 Å². The third-order valence-corrected chi connectivity index (χ3v) is 3.10. The second-order valence-electron chi connectivity index (χ2n) is 4.40. The van der Waals surface area contributed by atoms with Gasteiger partial charge in [0.15, 0.2) is 0 Å². The van der Waals surface area contributed by atoms with E-state index in [1.165, 1.54) is 25.2 Å². The number of carbonyl (C=O) groups is 1. The third-order valence-electron chi connectivity index (χ3n) is 3.10. The number of amides is 1. The van der Waals surface area contributed by atoms with Crippen LogP contribution in [-0.2, 0) is 0 Å². The average Bonchev–Trinajstić information content (AvgIpc) is 2.90. The van der Waals surface area contributed by atoms with Gasteiger partial charge in [-0.2, -0.15) is 0 Å². The van der Waals surface area contributed by atoms with Gasteiger partial charge in [0.25, 0.3) is 11.6 Å². The molecule has 0 saturated carbocycles. The number of nitro groups is 1. The van der Waals surface area contributed by atoms with Crippen LogP contribution >= 0.6 is 0 Å². The van der Waals surface area contributed by atoms with E-state index < -0.39 is 4.92 Å². The van der Waals surface area contributed by atoms with Crippen molar-refractivity contribution >= 4 is 17.3 Å². The first kappa shape index (κ1) is 13.3. The molecular weight excluding hydrogens is 248 g/mol. The summed E-state index contributed by atoms with van der Waals surface area (Å²) in [6.07, 6.45) is 0.904. The number of nitro benzene ring substituents is 1. The molecule has 19 heavy (non-hydrogen) atoms. The molecule has 1 amide bonds. The number of anilines is 1. The first-order chi connectivity index (χ1) is 9.11. The summed E-state index contributed by atoms with van der Waals surface area (Å²) < 4.78 is 0. The zero-order valence-electron chi connectivity index (χ0n) is 10.6. The summed E-state index contributed by atoms with van der Waals surface area (Å²) in [6.45, 7) is 1.65. The van der Waals surface area contributed by atoms with Gasteiger partial charge in [0.1, 0.15) is 5.69 Å². The lowest BCUT2D eigenvalue weighted by Crippen LogP contribution is -2.23. The van der Waals surface area contributed by atoms with Gasteiger partial charge < -0.3 is 16.0 Å². The fourth-order valence-electron chi connectivity index (χ4n) is 2.09. The van der Waals surface area contributed by atoms with Crippen molar-refractivity contribution in [1.82, 2.24) is 10.6 Å². The van der Waals surface area contributed by atoms with Crippen molar-refractivity contribution in [2.45, 2.75) is 12.5 Å². The minimum absolute atomic E-state index is 0.0143. The Balaban J connectivity index is 2.29. The number of rotatable bonds is 4. The van der Waals surface area contributed by atoms with Gasteiger partial charge in [-0.25, -0.2) is 0 Å². The van der Waals surface area contributed by atoms with Crippen LogP contribution in [0.4, 0.5) is 11.4 Å². The normalized spacial score (nSPS) is 18.1. The molecule has 1 heterocycles. The molecule has 1 atom stereocenters. The zero-order valence-corrected chi connectivity index (χ0v) is 10.6. The third kappa shape index (κ3) is 3.00. The van der Waals surface area contributed by atoms with Crippen LogP contribution < -0.4 is 16.0 Å². The highest BCUT2D eigenvalue weighted by Crippen LogP contribution is 2.27. The number of carbonyl (C=O) groups excluding carboxylic acids is 1. The lowest BCUT2D eigenvalue weighted by atomic mass is 10.1. The maximum absolute atomic E-state index is 11.6. The van der Waals surface area contributed by atoms with E-state index in [2.05, 4.69) is 16.0 Å². The first-order valence-electron chi connectivity index (χ1n) is 6.09. The van der Waals surface area contributed by atoms with E-state index in [1.54, 1.807) is 0 Å². The molecule has 0 aliphatic carbocycles. The molecular formula is C12H16N4O3. The summed E-state index contributed by atoms with van der Waals surface area (Å²) in [5, 5.41) is 19.8. The molecule has 7 nitrogen and oxygen atoms in total. The molecule has 0 spiro atoms. The Bertz CT molecular complexity index is 498. The smallest absolute Gasteiger partial charge is 0.292 e. The van der Waals surface area contributed by atoms with E-state index in [-0.39, 0.29) is 17.6 Å². The van der Waals surface area contributed by atoms with Crippen LogP contribution in [0.5, 0.6) is 0 Å². The van der Waals surface area contributed by atoms with Crippen LogP contribution in [-0.4, -0.2) is 37.0 Å². The number of nitrogens with one attached hydrogen (secondary N) is 3. The molecule has 1 fully saturated rings. The fourth-order valence-corrected chi connectivity index (χ4v) is 2.09. The van der Waals surface area contributed by atoms with E-state index in [0.717, 1.165) is 19.5 Å². The number of hydrogen-bond donors (Lipinski definition) is 3. The highest BCUT2D eigenvalue weighted by molar-refractivity contribution is 5.95. The van der Waals surface area contributed by atoms with Crippen molar-refractivity contribution in [3.8, 4) is 0 Å². The molecule has 2 rings (SSSR count). The van der Waals surface area contributed by atoms with Gasteiger partial charge in [0.05, 0.1) is 4.92 Å². The quantitative estimate of drug-likeness (QED) is 0.550. The van der Waals surface area contributed by atoms with E-state index in [1.807, 2.05) is 0 Å². The highest BCUT2D eigenvalue weighted by Gasteiger charge is 2.21. The maximum Gasteiger partial charge on any atom is 0.292 e. The topological polar surface area (TPSA) is 96.3 Å². The molecule has 0 aromatic heterocycles. The SMILES string of the molecule is CNC(=O)c1ccc([N+](=O)[O-])c(NC2CCNC2)c1. The van der Waals surface area contributed by atoms with Crippen molar-refractivity contribution in [1.29, 1.82) is 0 Å². The average molecular weight is 264 g/mol. The van der Waals surface area contributed by atoms with Gasteiger partial charge in [0, 0.05) is 31.3 Å². The Kier molecular flexibility index (Phi) is 3.96. The van der Waals surface area contributed by atoms with Crippen LogP contribution in [0, 0.1) is 10.1 Å². The summed E-state index contributed by atoms with van der Waals surface area (Å²) in [5.41, 5.74) is 0.779. The molecule has 0 radical (unpaired) electrons. The van der Waals surface area contributed by atoms with Crippen LogP contribution in [0.25, 0.3) is 0 Å². The summed E-state index contributed by atoms with van der Waals surface area (Å²) in [5.74, 6) is -0.262. The van der Waals surface area contributed by atoms with Crippen molar-refractivity contribution in [3.63, 3.8) is 0 Å². The van der Waals surface area contributed by atoms with Crippen LogP contribution in [0.3, 0.4) is 0 Å².